The fourth-order valence-electron chi connectivity index (χ4n) is 3.99. The smallest absolute Gasteiger partial charge is 0.410 e. The number of anilines is 1. The lowest BCUT2D eigenvalue weighted by molar-refractivity contribution is 0.0229. The van der Waals surface area contributed by atoms with Crippen LogP contribution in [0.25, 0.3) is 0 Å². The molecule has 2 aliphatic rings. The minimum Gasteiger partial charge on any atom is -0.486 e. The summed E-state index contributed by atoms with van der Waals surface area (Å²) in [6.45, 7) is 12.8. The van der Waals surface area contributed by atoms with Crippen molar-refractivity contribution in [3.05, 3.63) is 53.6 Å². The van der Waals surface area contributed by atoms with E-state index in [1.54, 1.807) is 17.0 Å². The molecule has 2 unspecified atom stereocenters. The summed E-state index contributed by atoms with van der Waals surface area (Å²) in [6.07, 6.45) is 1.54. The molecule has 4 rings (SSSR count). The number of halogens is 1. The molecule has 0 aromatic heterocycles. The number of likely N-dealkylation sites (tertiary alicyclic amines) is 1. The fourth-order valence-corrected chi connectivity index (χ4v) is 4.11. The Morgan fingerprint density at radius 1 is 0.972 bits per heavy atom. The van der Waals surface area contributed by atoms with Crippen LogP contribution < -0.4 is 20.5 Å². The van der Waals surface area contributed by atoms with E-state index >= 15 is 0 Å². The molecule has 0 spiro atoms. The normalized spacial score (nSPS) is 23.2. The Hall–Kier alpha value is -2.64. The summed E-state index contributed by atoms with van der Waals surface area (Å²) in [5.74, 6) is 1.65. The van der Waals surface area contributed by atoms with Crippen LogP contribution in [-0.2, 0) is 4.74 Å². The second kappa shape index (κ2) is 12.1. The molecule has 8 heteroatoms. The Bertz CT molecular complexity index is 970. The average Bonchev–Trinajstić information content (AvgIpc) is 3.37. The van der Waals surface area contributed by atoms with Crippen LogP contribution in [0, 0.1) is 0 Å². The van der Waals surface area contributed by atoms with E-state index in [0.717, 1.165) is 42.5 Å². The molecule has 0 radical (unpaired) electrons. The summed E-state index contributed by atoms with van der Waals surface area (Å²) >= 11 is 5.80. The molecule has 2 aromatic carbocycles. The van der Waals surface area contributed by atoms with Gasteiger partial charge in [-0.25, -0.2) is 4.79 Å². The maximum Gasteiger partial charge on any atom is 0.410 e. The molecule has 200 valence electrons. The Morgan fingerprint density at radius 2 is 1.53 bits per heavy atom. The zero-order valence-electron chi connectivity index (χ0n) is 21.4. The summed E-state index contributed by atoms with van der Waals surface area (Å²) in [4.78, 5) is 13.8. The van der Waals surface area contributed by atoms with Crippen molar-refractivity contribution in [2.75, 3.05) is 31.9 Å². The first-order valence-electron chi connectivity index (χ1n) is 12.0. The van der Waals surface area contributed by atoms with Crippen LogP contribution in [0.4, 0.5) is 10.5 Å². The van der Waals surface area contributed by atoms with Crippen molar-refractivity contribution in [3.8, 4) is 11.5 Å². The van der Waals surface area contributed by atoms with Gasteiger partial charge >= 0.3 is 6.09 Å². The Morgan fingerprint density at radius 3 is 2.06 bits per heavy atom. The quantitative estimate of drug-likeness (QED) is 0.471. The molecule has 36 heavy (non-hydrogen) atoms. The van der Waals surface area contributed by atoms with Crippen molar-refractivity contribution in [2.45, 2.75) is 71.7 Å². The summed E-state index contributed by atoms with van der Waals surface area (Å²) in [6, 6.07) is 14.8. The summed E-state index contributed by atoms with van der Waals surface area (Å²) < 4.78 is 17.3. The third-order valence-corrected chi connectivity index (χ3v) is 6.09. The van der Waals surface area contributed by atoms with Crippen molar-refractivity contribution >= 4 is 23.4 Å². The maximum atomic E-state index is 12.1. The Labute approximate surface area is 221 Å². The number of nitrogens with one attached hydrogen (secondary N) is 1. The second-order valence-electron chi connectivity index (χ2n) is 10.7. The van der Waals surface area contributed by atoms with Gasteiger partial charge in [0.15, 0.2) is 0 Å². The molecule has 1 amide bonds. The van der Waals surface area contributed by atoms with E-state index in [9.17, 15) is 4.79 Å². The predicted molar refractivity (Wildman–Crippen MR) is 147 cm³/mol. The molecule has 7 nitrogen and oxygen atoms in total. The third kappa shape index (κ3) is 9.10. The van der Waals surface area contributed by atoms with Crippen LogP contribution in [0.5, 0.6) is 11.5 Å². The van der Waals surface area contributed by atoms with Gasteiger partial charge in [-0.1, -0.05) is 19.0 Å². The summed E-state index contributed by atoms with van der Waals surface area (Å²) in [7, 11) is 0. The molecule has 2 atom stereocenters. The number of amides is 1. The summed E-state index contributed by atoms with van der Waals surface area (Å²) in [5.41, 5.74) is 5.43. The van der Waals surface area contributed by atoms with E-state index in [1.807, 2.05) is 64.1 Å². The number of carbonyl (C=O) groups is 1. The fraction of sp³-hybridized carbons (Fsp3) is 0.536. The van der Waals surface area contributed by atoms with E-state index in [2.05, 4.69) is 12.2 Å². The molecule has 2 aliphatic heterocycles. The SMILES string of the molecule is C.CC(C)(C)OC(=O)N1CCC(C)(Oc2ccc(N)cc2)C1.CC1(Oc2ccc(Cl)cc2)CCNC1. The molecule has 0 aliphatic carbocycles. The van der Waals surface area contributed by atoms with Crippen LogP contribution in [0.1, 0.15) is 54.9 Å². The highest BCUT2D eigenvalue weighted by Gasteiger charge is 2.39. The van der Waals surface area contributed by atoms with Crippen molar-refractivity contribution in [3.63, 3.8) is 0 Å². The van der Waals surface area contributed by atoms with Gasteiger partial charge in [-0.05, 0) is 89.7 Å². The molecule has 3 N–H and O–H groups in total. The van der Waals surface area contributed by atoms with E-state index in [4.69, 9.17) is 31.5 Å². The number of hydrogen-bond acceptors (Lipinski definition) is 6. The molecular weight excluding hydrogens is 478 g/mol. The van der Waals surface area contributed by atoms with Gasteiger partial charge in [0.1, 0.15) is 28.3 Å². The zero-order valence-corrected chi connectivity index (χ0v) is 22.2. The number of benzene rings is 2. The first-order valence-corrected chi connectivity index (χ1v) is 12.4. The highest BCUT2D eigenvalue weighted by Crippen LogP contribution is 2.29. The van der Waals surface area contributed by atoms with E-state index in [-0.39, 0.29) is 19.1 Å². The minimum atomic E-state index is -0.478. The lowest BCUT2D eigenvalue weighted by Crippen LogP contribution is -2.40. The summed E-state index contributed by atoms with van der Waals surface area (Å²) in [5, 5.41) is 4.04. The highest BCUT2D eigenvalue weighted by molar-refractivity contribution is 6.30. The van der Waals surface area contributed by atoms with Gasteiger partial charge < -0.3 is 30.2 Å². The van der Waals surface area contributed by atoms with E-state index < -0.39 is 11.2 Å². The van der Waals surface area contributed by atoms with Crippen molar-refractivity contribution in [1.29, 1.82) is 0 Å². The number of hydrogen-bond donors (Lipinski definition) is 2. The van der Waals surface area contributed by atoms with Gasteiger partial charge in [-0.3, -0.25) is 0 Å². The van der Waals surface area contributed by atoms with Gasteiger partial charge in [-0.2, -0.15) is 0 Å². The van der Waals surface area contributed by atoms with Crippen LogP contribution in [0.2, 0.25) is 5.02 Å². The lowest BCUT2D eigenvalue weighted by Gasteiger charge is -2.28. The number of rotatable bonds is 4. The maximum absolute atomic E-state index is 12.1. The van der Waals surface area contributed by atoms with Crippen molar-refractivity contribution in [2.24, 2.45) is 0 Å². The van der Waals surface area contributed by atoms with Gasteiger partial charge in [0.2, 0.25) is 0 Å². The molecule has 2 saturated heterocycles. The third-order valence-electron chi connectivity index (χ3n) is 5.84. The largest absolute Gasteiger partial charge is 0.486 e. The topological polar surface area (TPSA) is 86.0 Å². The molecule has 2 heterocycles. The number of ether oxygens (including phenoxy) is 3. The van der Waals surface area contributed by atoms with E-state index in [1.165, 1.54) is 0 Å². The molecule has 0 bridgehead atoms. The van der Waals surface area contributed by atoms with Crippen LogP contribution in [-0.4, -0.2) is 54.0 Å². The second-order valence-corrected chi connectivity index (χ2v) is 11.1. The highest BCUT2D eigenvalue weighted by atomic mass is 35.5. The number of nitrogens with two attached hydrogens (primary N) is 1. The molecular formula is C28H42ClN3O4. The van der Waals surface area contributed by atoms with Crippen molar-refractivity contribution in [1.82, 2.24) is 10.2 Å². The van der Waals surface area contributed by atoms with Crippen LogP contribution in [0.15, 0.2) is 48.5 Å². The molecule has 2 fully saturated rings. The molecule has 2 aromatic rings. The standard InChI is InChI=1S/C16H24N2O3.C11H14ClNO.CH4/c1-15(2,3)21-14(19)18-10-9-16(4,11-18)20-13-7-5-12(17)6-8-13;1-11(6-7-13-8-11)14-10-4-2-9(12)3-5-10;/h5-8H,9-11,17H2,1-4H3;2-5,13H,6-8H2,1H3;1H4. The first-order chi connectivity index (χ1) is 16.3. The van der Waals surface area contributed by atoms with Gasteiger partial charge in [-0.15, -0.1) is 0 Å². The van der Waals surface area contributed by atoms with Crippen molar-refractivity contribution < 1.29 is 19.0 Å². The Kier molecular flexibility index (Phi) is 9.92. The Balaban J connectivity index is 0.000000265. The molecule has 0 saturated carbocycles. The van der Waals surface area contributed by atoms with Gasteiger partial charge in [0.25, 0.3) is 0 Å². The zero-order chi connectivity index (χ0) is 25.7. The first kappa shape index (κ1) is 29.6. The number of carbonyl (C=O) groups excluding carboxylic acids is 1. The number of nitrogens with zero attached hydrogens (tertiary/aromatic N) is 1. The average molecular weight is 520 g/mol. The monoisotopic (exact) mass is 519 g/mol. The predicted octanol–water partition coefficient (Wildman–Crippen LogP) is 6.15. The van der Waals surface area contributed by atoms with Gasteiger partial charge in [0, 0.05) is 36.6 Å². The van der Waals surface area contributed by atoms with Crippen LogP contribution in [0.3, 0.4) is 0 Å². The number of nitrogen functional groups attached to an aromatic ring is 1. The van der Waals surface area contributed by atoms with E-state index in [0.29, 0.717) is 18.8 Å². The van der Waals surface area contributed by atoms with Crippen LogP contribution >= 0.6 is 11.6 Å². The minimum absolute atomic E-state index is 0. The lowest BCUT2D eigenvalue weighted by atomic mass is 10.1. The van der Waals surface area contributed by atoms with Gasteiger partial charge in [0.05, 0.1) is 6.54 Å².